The number of anilines is 1. The van der Waals surface area contributed by atoms with Crippen molar-refractivity contribution in [1.82, 2.24) is 4.98 Å². The number of nitrogens with one attached hydrogen (secondary N) is 1. The first-order valence-electron chi connectivity index (χ1n) is 7.56. The highest BCUT2D eigenvalue weighted by Crippen LogP contribution is 2.27. The van der Waals surface area contributed by atoms with Crippen LogP contribution in [0.5, 0.6) is 5.75 Å². The molecule has 0 atom stereocenters. The summed E-state index contributed by atoms with van der Waals surface area (Å²) in [4.78, 5) is 4.24. The minimum Gasteiger partial charge on any atom is -0.496 e. The van der Waals surface area contributed by atoms with Gasteiger partial charge in [0.2, 0.25) is 11.6 Å². The van der Waals surface area contributed by atoms with Crippen molar-refractivity contribution in [2.75, 3.05) is 12.5 Å². The molecule has 0 aliphatic carbocycles. The lowest BCUT2D eigenvalue weighted by Gasteiger charge is -2.05. The van der Waals surface area contributed by atoms with E-state index in [1.165, 1.54) is 0 Å². The number of nitrogens with zero attached hydrogens (tertiary/aromatic N) is 3. The number of benzene rings is 1. The summed E-state index contributed by atoms with van der Waals surface area (Å²) in [7, 11) is 1.60. The first-order valence-corrected chi connectivity index (χ1v) is 7.56. The van der Waals surface area contributed by atoms with Crippen LogP contribution < -0.4 is 10.2 Å². The third kappa shape index (κ3) is 3.89. The molecule has 0 bridgehead atoms. The van der Waals surface area contributed by atoms with Gasteiger partial charge in [-0.1, -0.05) is 26.0 Å². The molecule has 0 radical (unpaired) electrons. The van der Waals surface area contributed by atoms with E-state index in [4.69, 9.17) is 9.15 Å². The maximum absolute atomic E-state index is 9.17. The molecule has 2 aromatic rings. The average molecular weight is 312 g/mol. The minimum atomic E-state index is 0.204. The van der Waals surface area contributed by atoms with Crippen LogP contribution in [0.15, 0.2) is 33.8 Å². The van der Waals surface area contributed by atoms with Gasteiger partial charge in [0.05, 0.1) is 13.3 Å². The van der Waals surface area contributed by atoms with Gasteiger partial charge in [-0.25, -0.2) is 10.4 Å². The molecule has 2 rings (SSSR count). The maximum Gasteiger partial charge on any atom is 0.252 e. The highest BCUT2D eigenvalue weighted by Gasteiger charge is 2.18. The summed E-state index contributed by atoms with van der Waals surface area (Å²) in [6.45, 7) is 4.13. The Kier molecular flexibility index (Phi) is 5.75. The fourth-order valence-electron chi connectivity index (χ4n) is 2.23. The summed E-state index contributed by atoms with van der Waals surface area (Å²) in [5.41, 5.74) is 3.78. The Hall–Kier alpha value is -2.81. The number of nitriles is 1. The van der Waals surface area contributed by atoms with Gasteiger partial charge in [-0.3, -0.25) is 0 Å². The Balaban J connectivity index is 2.17. The molecule has 120 valence electrons. The molecule has 1 aromatic heterocycles. The molecule has 0 fully saturated rings. The van der Waals surface area contributed by atoms with Crippen LogP contribution in [0.3, 0.4) is 0 Å². The van der Waals surface area contributed by atoms with E-state index in [1.54, 1.807) is 13.3 Å². The molecule has 6 nitrogen and oxygen atoms in total. The molecule has 0 aliphatic rings. The fraction of sp³-hybridized carbons (Fsp3) is 0.353. The van der Waals surface area contributed by atoms with Crippen LogP contribution in [-0.4, -0.2) is 18.3 Å². The molecule has 0 saturated carbocycles. The highest BCUT2D eigenvalue weighted by atomic mass is 16.5. The number of oxazole rings is 1. The van der Waals surface area contributed by atoms with E-state index in [9.17, 15) is 5.26 Å². The molecule has 6 heteroatoms. The molecule has 23 heavy (non-hydrogen) atoms. The number of aromatic nitrogens is 1. The predicted octanol–water partition coefficient (Wildman–Crippen LogP) is 3.90. The summed E-state index contributed by atoms with van der Waals surface area (Å²) in [6, 6.07) is 9.53. The Morgan fingerprint density at radius 3 is 2.78 bits per heavy atom. The van der Waals surface area contributed by atoms with Crippen molar-refractivity contribution in [3.8, 4) is 11.8 Å². The van der Waals surface area contributed by atoms with E-state index < -0.39 is 0 Å². The maximum atomic E-state index is 9.17. The van der Waals surface area contributed by atoms with Crippen LogP contribution in [0.1, 0.15) is 49.8 Å². The molecule has 0 unspecified atom stereocenters. The second-order valence-corrected chi connectivity index (χ2v) is 4.97. The van der Waals surface area contributed by atoms with Crippen molar-refractivity contribution in [1.29, 1.82) is 5.26 Å². The van der Waals surface area contributed by atoms with Gasteiger partial charge in [0, 0.05) is 11.5 Å². The van der Waals surface area contributed by atoms with Crippen molar-refractivity contribution >= 4 is 12.1 Å². The Morgan fingerprint density at radius 1 is 1.39 bits per heavy atom. The number of para-hydroxylation sites is 1. The second-order valence-electron chi connectivity index (χ2n) is 4.97. The monoisotopic (exact) mass is 312 g/mol. The number of hydrogen-bond acceptors (Lipinski definition) is 6. The average Bonchev–Trinajstić information content (AvgIpc) is 2.99. The quantitative estimate of drug-likeness (QED) is 0.619. The van der Waals surface area contributed by atoms with Crippen molar-refractivity contribution in [2.45, 2.75) is 32.6 Å². The molecule has 1 N–H and O–H groups in total. The summed E-state index contributed by atoms with van der Waals surface area (Å²) >= 11 is 0. The Morgan fingerprint density at radius 2 is 2.13 bits per heavy atom. The standard InChI is InChI=1S/C17H20N4O2/c1-4-12(5-2)16-20-14(10-18)17(23-16)21-19-11-13-8-6-7-9-15(13)22-3/h6-9,11-12,21H,4-5H2,1-3H3. The zero-order valence-corrected chi connectivity index (χ0v) is 13.5. The van der Waals surface area contributed by atoms with Crippen LogP contribution in [0.25, 0.3) is 0 Å². The summed E-state index contributed by atoms with van der Waals surface area (Å²) in [6.07, 6.45) is 3.43. The SMILES string of the molecule is CCC(CC)c1nc(C#N)c(NN=Cc2ccccc2OC)o1. The van der Waals surface area contributed by atoms with Crippen LogP contribution in [0, 0.1) is 11.3 Å². The Labute approximate surface area is 135 Å². The van der Waals surface area contributed by atoms with E-state index in [1.807, 2.05) is 30.3 Å². The highest BCUT2D eigenvalue weighted by molar-refractivity contribution is 5.83. The zero-order chi connectivity index (χ0) is 16.7. The summed E-state index contributed by atoms with van der Waals surface area (Å²) in [5.74, 6) is 1.76. The van der Waals surface area contributed by atoms with Crippen molar-refractivity contribution < 1.29 is 9.15 Å². The number of rotatable bonds is 7. The predicted molar refractivity (Wildman–Crippen MR) is 88.8 cm³/mol. The molecular weight excluding hydrogens is 292 g/mol. The van der Waals surface area contributed by atoms with Crippen LogP contribution in [0.2, 0.25) is 0 Å². The van der Waals surface area contributed by atoms with E-state index >= 15 is 0 Å². The van der Waals surface area contributed by atoms with Crippen LogP contribution in [-0.2, 0) is 0 Å². The summed E-state index contributed by atoms with van der Waals surface area (Å²) in [5, 5.41) is 13.3. The van der Waals surface area contributed by atoms with E-state index in [0.29, 0.717) is 11.6 Å². The first-order chi connectivity index (χ1) is 11.2. The van der Waals surface area contributed by atoms with Gasteiger partial charge in [0.25, 0.3) is 5.88 Å². The van der Waals surface area contributed by atoms with Gasteiger partial charge >= 0.3 is 0 Å². The van der Waals surface area contributed by atoms with Gasteiger partial charge in [0.1, 0.15) is 11.8 Å². The molecule has 0 saturated heterocycles. The smallest absolute Gasteiger partial charge is 0.252 e. The largest absolute Gasteiger partial charge is 0.496 e. The van der Waals surface area contributed by atoms with Crippen molar-refractivity contribution in [2.24, 2.45) is 5.10 Å². The molecular formula is C17H20N4O2. The normalized spacial score (nSPS) is 10.9. The van der Waals surface area contributed by atoms with Gasteiger partial charge in [-0.15, -0.1) is 0 Å². The number of hydrazone groups is 1. The topological polar surface area (TPSA) is 83.4 Å². The van der Waals surface area contributed by atoms with E-state index in [-0.39, 0.29) is 17.5 Å². The molecule has 0 aliphatic heterocycles. The molecule has 1 aromatic carbocycles. The molecule has 0 amide bonds. The van der Waals surface area contributed by atoms with Crippen molar-refractivity contribution in [3.05, 3.63) is 41.4 Å². The van der Waals surface area contributed by atoms with Gasteiger partial charge in [0.15, 0.2) is 0 Å². The minimum absolute atomic E-state index is 0.204. The summed E-state index contributed by atoms with van der Waals surface area (Å²) < 4.78 is 10.9. The zero-order valence-electron chi connectivity index (χ0n) is 13.5. The van der Waals surface area contributed by atoms with Crippen LogP contribution in [0.4, 0.5) is 5.88 Å². The van der Waals surface area contributed by atoms with Gasteiger partial charge < -0.3 is 9.15 Å². The van der Waals surface area contributed by atoms with Gasteiger partial charge in [-0.2, -0.15) is 10.4 Å². The number of hydrogen-bond donors (Lipinski definition) is 1. The molecule has 1 heterocycles. The first kappa shape index (κ1) is 16.6. The lowest BCUT2D eigenvalue weighted by atomic mass is 10.0. The van der Waals surface area contributed by atoms with Crippen LogP contribution >= 0.6 is 0 Å². The second kappa shape index (κ2) is 7.99. The number of ether oxygens (including phenoxy) is 1. The third-order valence-electron chi connectivity index (χ3n) is 3.59. The van der Waals surface area contributed by atoms with Gasteiger partial charge in [-0.05, 0) is 25.0 Å². The number of methoxy groups -OCH3 is 1. The fourth-order valence-corrected chi connectivity index (χ4v) is 2.23. The third-order valence-corrected chi connectivity index (χ3v) is 3.59. The van der Waals surface area contributed by atoms with E-state index in [2.05, 4.69) is 29.4 Å². The lowest BCUT2D eigenvalue weighted by Crippen LogP contribution is -1.95. The van der Waals surface area contributed by atoms with E-state index in [0.717, 1.165) is 18.4 Å². The lowest BCUT2D eigenvalue weighted by molar-refractivity contribution is 0.414. The molecule has 0 spiro atoms. The Bertz CT molecular complexity index is 712. The van der Waals surface area contributed by atoms with Crippen molar-refractivity contribution in [3.63, 3.8) is 0 Å².